The van der Waals surface area contributed by atoms with Gasteiger partial charge in [0, 0.05) is 23.7 Å². The summed E-state index contributed by atoms with van der Waals surface area (Å²) in [6.07, 6.45) is 3.40. The number of rotatable bonds is 5. The molecule has 1 aromatic carbocycles. The van der Waals surface area contributed by atoms with Gasteiger partial charge in [0.25, 0.3) is 0 Å². The van der Waals surface area contributed by atoms with E-state index in [2.05, 4.69) is 4.72 Å². The fourth-order valence-electron chi connectivity index (χ4n) is 3.05. The Bertz CT molecular complexity index is 725. The van der Waals surface area contributed by atoms with E-state index in [1.54, 1.807) is 18.2 Å². The Hall–Kier alpha value is -1.40. The molecule has 2 atom stereocenters. The zero-order chi connectivity index (χ0) is 16.8. The summed E-state index contributed by atoms with van der Waals surface area (Å²) in [7, 11) is -3.51. The van der Waals surface area contributed by atoms with E-state index < -0.39 is 10.0 Å². The highest BCUT2D eigenvalue weighted by atomic mass is 32.2. The van der Waals surface area contributed by atoms with E-state index in [1.165, 1.54) is 0 Å². The molecule has 0 bridgehead atoms. The zero-order valence-corrected chi connectivity index (χ0v) is 14.7. The molecule has 1 N–H and O–H groups in total. The lowest BCUT2D eigenvalue weighted by Crippen LogP contribution is -2.36. The lowest BCUT2D eigenvalue weighted by Gasteiger charge is -2.22. The molecule has 1 aliphatic heterocycles. The zero-order valence-electron chi connectivity index (χ0n) is 13.9. The van der Waals surface area contributed by atoms with Gasteiger partial charge in [-0.25, -0.2) is 13.1 Å². The Morgan fingerprint density at radius 1 is 1.39 bits per heavy atom. The summed E-state index contributed by atoms with van der Waals surface area (Å²) in [6.45, 7) is 5.81. The molecule has 3 rings (SSSR count). The normalized spacial score (nSPS) is 22.0. The van der Waals surface area contributed by atoms with Crippen LogP contribution in [0.1, 0.15) is 45.6 Å². The van der Waals surface area contributed by atoms with Gasteiger partial charge in [0.15, 0.2) is 0 Å². The van der Waals surface area contributed by atoms with Crippen molar-refractivity contribution in [3.63, 3.8) is 0 Å². The van der Waals surface area contributed by atoms with Crippen LogP contribution in [0.15, 0.2) is 23.1 Å². The molecule has 2 aliphatic rings. The summed E-state index contributed by atoms with van der Waals surface area (Å²) in [5.74, 6) is 0.350. The smallest absolute Gasteiger partial charge is 0.240 e. The van der Waals surface area contributed by atoms with Crippen molar-refractivity contribution in [2.45, 2.75) is 63.4 Å². The van der Waals surface area contributed by atoms with Gasteiger partial charge in [0.05, 0.1) is 4.90 Å². The van der Waals surface area contributed by atoms with Crippen molar-refractivity contribution in [1.29, 1.82) is 0 Å². The van der Waals surface area contributed by atoms with Gasteiger partial charge >= 0.3 is 0 Å². The van der Waals surface area contributed by atoms with Gasteiger partial charge in [-0.15, -0.1) is 0 Å². The van der Waals surface area contributed by atoms with Crippen LogP contribution < -0.4 is 9.62 Å². The Balaban J connectivity index is 1.89. The first-order valence-corrected chi connectivity index (χ1v) is 9.80. The molecule has 1 fully saturated rings. The van der Waals surface area contributed by atoms with Crippen LogP contribution in [0.3, 0.4) is 0 Å². The molecule has 0 aromatic heterocycles. The highest BCUT2D eigenvalue weighted by Crippen LogP contribution is 2.39. The maximum Gasteiger partial charge on any atom is 0.240 e. The van der Waals surface area contributed by atoms with Crippen molar-refractivity contribution in [1.82, 2.24) is 4.72 Å². The fourth-order valence-corrected chi connectivity index (χ4v) is 4.43. The van der Waals surface area contributed by atoms with E-state index in [-0.39, 0.29) is 28.8 Å². The molecule has 126 valence electrons. The molecular formula is C17H24N2O3S. The third-order valence-electron chi connectivity index (χ3n) is 4.71. The van der Waals surface area contributed by atoms with Crippen LogP contribution in [0.2, 0.25) is 0 Å². The van der Waals surface area contributed by atoms with Crippen molar-refractivity contribution in [3.8, 4) is 0 Å². The number of nitrogens with one attached hydrogen (secondary N) is 1. The molecule has 1 heterocycles. The number of carbonyl (C=O) groups is 1. The molecular weight excluding hydrogens is 312 g/mol. The van der Waals surface area contributed by atoms with Gasteiger partial charge in [0.1, 0.15) is 0 Å². The van der Waals surface area contributed by atoms with Gasteiger partial charge in [-0.3, -0.25) is 4.79 Å². The van der Waals surface area contributed by atoms with Crippen LogP contribution in [-0.4, -0.2) is 26.4 Å². The summed E-state index contributed by atoms with van der Waals surface area (Å²) < 4.78 is 27.5. The number of benzene rings is 1. The average molecular weight is 336 g/mol. The van der Waals surface area contributed by atoms with Crippen LogP contribution in [-0.2, 0) is 21.2 Å². The number of hydrogen-bond donors (Lipinski definition) is 1. The number of hydrogen-bond acceptors (Lipinski definition) is 3. The maximum absolute atomic E-state index is 12.4. The molecule has 0 saturated heterocycles. The molecule has 1 saturated carbocycles. The number of sulfonamides is 1. The highest BCUT2D eigenvalue weighted by Gasteiger charge is 2.39. The standard InChI is InChI=1S/C17H24N2O3S/c1-4-11(2)18-23(21,22)15-7-8-16-14(10-15)9-12(3)19(16)17(20)13-5-6-13/h7-8,10-13,18H,4-6,9H2,1-3H3/t11-,12-/m0/s1. The lowest BCUT2D eigenvalue weighted by molar-refractivity contribution is -0.120. The first-order chi connectivity index (χ1) is 10.8. The van der Waals surface area contributed by atoms with Crippen LogP contribution in [0, 0.1) is 5.92 Å². The van der Waals surface area contributed by atoms with Crippen LogP contribution in [0.4, 0.5) is 5.69 Å². The molecule has 0 spiro atoms. The molecule has 1 aromatic rings. The molecule has 0 unspecified atom stereocenters. The Kier molecular flexibility index (Phi) is 4.23. The monoisotopic (exact) mass is 336 g/mol. The van der Waals surface area contributed by atoms with Gasteiger partial charge in [-0.1, -0.05) is 6.92 Å². The van der Waals surface area contributed by atoms with E-state index in [0.717, 1.165) is 30.5 Å². The van der Waals surface area contributed by atoms with Crippen molar-refractivity contribution in [2.75, 3.05) is 4.90 Å². The van der Waals surface area contributed by atoms with Gasteiger partial charge in [0.2, 0.25) is 15.9 Å². The minimum Gasteiger partial charge on any atom is -0.309 e. The van der Waals surface area contributed by atoms with E-state index in [1.807, 2.05) is 25.7 Å². The van der Waals surface area contributed by atoms with E-state index in [9.17, 15) is 13.2 Å². The van der Waals surface area contributed by atoms with Crippen molar-refractivity contribution in [2.24, 2.45) is 5.92 Å². The second-order valence-electron chi connectivity index (χ2n) is 6.76. The number of amides is 1. The Morgan fingerprint density at radius 2 is 2.09 bits per heavy atom. The first-order valence-electron chi connectivity index (χ1n) is 8.31. The third kappa shape index (κ3) is 3.15. The van der Waals surface area contributed by atoms with Crippen molar-refractivity contribution >= 4 is 21.6 Å². The minimum atomic E-state index is -3.51. The summed E-state index contributed by atoms with van der Waals surface area (Å²) in [6, 6.07) is 5.11. The highest BCUT2D eigenvalue weighted by molar-refractivity contribution is 7.89. The van der Waals surface area contributed by atoms with Gasteiger partial charge in [-0.2, -0.15) is 0 Å². The lowest BCUT2D eigenvalue weighted by atomic mass is 10.1. The number of anilines is 1. The van der Waals surface area contributed by atoms with E-state index in [4.69, 9.17) is 0 Å². The van der Waals surface area contributed by atoms with Gasteiger partial charge in [-0.05, 0) is 63.3 Å². The Labute approximate surface area is 138 Å². The molecule has 6 heteroatoms. The van der Waals surface area contributed by atoms with Crippen LogP contribution in [0.5, 0.6) is 0 Å². The quantitative estimate of drug-likeness (QED) is 0.898. The Morgan fingerprint density at radius 3 is 2.70 bits per heavy atom. The predicted molar refractivity (Wildman–Crippen MR) is 89.9 cm³/mol. The minimum absolute atomic E-state index is 0.0959. The summed E-state index contributed by atoms with van der Waals surface area (Å²) in [5.41, 5.74) is 1.82. The second kappa shape index (κ2) is 5.91. The largest absolute Gasteiger partial charge is 0.309 e. The number of carbonyl (C=O) groups excluding carboxylic acids is 1. The van der Waals surface area contributed by atoms with Crippen LogP contribution in [0.25, 0.3) is 0 Å². The first kappa shape index (κ1) is 16.5. The summed E-state index contributed by atoms with van der Waals surface area (Å²) >= 11 is 0. The van der Waals surface area contributed by atoms with Gasteiger partial charge < -0.3 is 4.90 Å². The SMILES string of the molecule is CC[C@H](C)NS(=O)(=O)c1ccc2c(c1)C[C@H](C)N2C(=O)C1CC1. The van der Waals surface area contributed by atoms with E-state index >= 15 is 0 Å². The van der Waals surface area contributed by atoms with Crippen molar-refractivity contribution in [3.05, 3.63) is 23.8 Å². The maximum atomic E-state index is 12.4. The second-order valence-corrected chi connectivity index (χ2v) is 8.47. The van der Waals surface area contributed by atoms with Crippen molar-refractivity contribution < 1.29 is 13.2 Å². The molecule has 0 radical (unpaired) electrons. The molecule has 23 heavy (non-hydrogen) atoms. The number of fused-ring (bicyclic) bond motifs is 1. The fraction of sp³-hybridized carbons (Fsp3) is 0.588. The topological polar surface area (TPSA) is 66.5 Å². The number of nitrogens with zero attached hydrogens (tertiary/aromatic N) is 1. The molecule has 5 nitrogen and oxygen atoms in total. The van der Waals surface area contributed by atoms with E-state index in [0.29, 0.717) is 6.42 Å². The van der Waals surface area contributed by atoms with Crippen LogP contribution >= 0.6 is 0 Å². The predicted octanol–water partition coefficient (Wildman–Crippen LogP) is 2.45. The average Bonchev–Trinajstić information content (AvgIpc) is 3.28. The molecule has 1 amide bonds. The third-order valence-corrected chi connectivity index (χ3v) is 6.30. The summed E-state index contributed by atoms with van der Waals surface area (Å²) in [5, 5.41) is 0. The summed E-state index contributed by atoms with van der Waals surface area (Å²) in [4.78, 5) is 14.6. The molecule has 1 aliphatic carbocycles.